The summed E-state index contributed by atoms with van der Waals surface area (Å²) in [6.45, 7) is 0. The Morgan fingerprint density at radius 3 is 0.500 bits per heavy atom. The van der Waals surface area contributed by atoms with E-state index in [4.69, 9.17) is 0 Å². The van der Waals surface area contributed by atoms with Crippen LogP contribution in [0, 0.1) is 0 Å². The van der Waals surface area contributed by atoms with Gasteiger partial charge in [-0.2, -0.15) is 0 Å². The largest absolute Gasteiger partial charge is 0.0776 e. The summed E-state index contributed by atoms with van der Waals surface area (Å²) in [6, 6.07) is 0. The van der Waals surface area contributed by atoms with Gasteiger partial charge in [0.2, 0.25) is 0 Å². The zero-order valence-electron chi connectivity index (χ0n) is 1.32. The monoisotopic (exact) mass is 201 g/mol. The molecule has 65 valence electrons. The molecule has 0 bridgehead atoms. The molecule has 0 nitrogen and oxygen atoms in total. The van der Waals surface area contributed by atoms with Crippen LogP contribution in [0.1, 0.15) is 37.1 Å². The first-order chi connectivity index (χ1) is 0. The van der Waals surface area contributed by atoms with E-state index in [0.717, 1.165) is 0 Å². The van der Waals surface area contributed by atoms with Gasteiger partial charge in [-0.1, -0.05) is 37.1 Å². The first-order valence-electron chi connectivity index (χ1n) is 0. The van der Waals surface area contributed by atoms with E-state index in [9.17, 15) is 0 Å². The smallest absolute Gasteiger partial charge is 0 e. The minimum absolute atomic E-state index is 0. The summed E-state index contributed by atoms with van der Waals surface area (Å²) in [5, 5.41) is 0. The van der Waals surface area contributed by atoms with Crippen molar-refractivity contribution in [1.29, 1.82) is 0 Å². The molecule has 3 heteroatoms. The van der Waals surface area contributed by atoms with Gasteiger partial charge < -0.3 is 0 Å². The Labute approximate surface area is 75.8 Å². The molecule has 0 saturated heterocycles. The normalized spacial score (nSPS) is 0. The summed E-state index contributed by atoms with van der Waals surface area (Å²) in [5.74, 6) is 0. The SMILES string of the molecule is C.C.C.C.C.[Ni].[SiH3].[SiH4]. The molecule has 0 aromatic heterocycles. The van der Waals surface area contributed by atoms with Crippen molar-refractivity contribution < 1.29 is 16.5 Å². The van der Waals surface area contributed by atoms with Crippen molar-refractivity contribution in [2.24, 2.45) is 0 Å². The molecular formula is C5H27NiSi2. The van der Waals surface area contributed by atoms with Crippen LogP contribution in [0.5, 0.6) is 0 Å². The van der Waals surface area contributed by atoms with Crippen molar-refractivity contribution in [3.63, 3.8) is 0 Å². The molecule has 0 N–H and O–H groups in total. The number of rotatable bonds is 0. The molecule has 0 aromatic carbocycles. The second-order valence-corrected chi connectivity index (χ2v) is 0. The van der Waals surface area contributed by atoms with Crippen LogP contribution >= 0.6 is 0 Å². The number of hydrogen-bond acceptors (Lipinski definition) is 0. The number of hydrogen-bond donors (Lipinski definition) is 0. The van der Waals surface area contributed by atoms with Crippen molar-refractivity contribution in [2.75, 3.05) is 0 Å². The Morgan fingerprint density at radius 2 is 0.500 bits per heavy atom. The van der Waals surface area contributed by atoms with Crippen molar-refractivity contribution in [1.82, 2.24) is 0 Å². The molecule has 0 saturated carbocycles. The molecule has 0 heterocycles. The van der Waals surface area contributed by atoms with Gasteiger partial charge in [-0.15, -0.1) is 0 Å². The van der Waals surface area contributed by atoms with Crippen LogP contribution in [0.25, 0.3) is 0 Å². The average molecular weight is 202 g/mol. The van der Waals surface area contributed by atoms with E-state index in [2.05, 4.69) is 0 Å². The van der Waals surface area contributed by atoms with Crippen LogP contribution in [0.4, 0.5) is 0 Å². The van der Waals surface area contributed by atoms with Crippen molar-refractivity contribution in [3.8, 4) is 0 Å². The van der Waals surface area contributed by atoms with Crippen molar-refractivity contribution in [3.05, 3.63) is 0 Å². The fourth-order valence-corrected chi connectivity index (χ4v) is 0. The van der Waals surface area contributed by atoms with Crippen LogP contribution < -0.4 is 0 Å². The van der Waals surface area contributed by atoms with Crippen LogP contribution in [-0.4, -0.2) is 21.9 Å². The maximum Gasteiger partial charge on any atom is 0 e. The molecule has 0 spiro atoms. The van der Waals surface area contributed by atoms with Gasteiger partial charge in [-0.05, 0) is 21.9 Å². The predicted octanol–water partition coefficient (Wildman–Crippen LogP) is 0.542. The third-order valence-corrected chi connectivity index (χ3v) is 0. The van der Waals surface area contributed by atoms with Gasteiger partial charge in [0, 0.05) is 16.5 Å². The maximum atomic E-state index is 0. The third-order valence-electron chi connectivity index (χ3n) is 0. The quantitative estimate of drug-likeness (QED) is 0.503. The van der Waals surface area contributed by atoms with E-state index in [0.29, 0.717) is 0 Å². The van der Waals surface area contributed by atoms with E-state index in [-0.39, 0.29) is 75.6 Å². The van der Waals surface area contributed by atoms with Gasteiger partial charge in [0.05, 0.1) is 0 Å². The second-order valence-electron chi connectivity index (χ2n) is 0. The first kappa shape index (κ1) is 652. The summed E-state index contributed by atoms with van der Waals surface area (Å²) in [5.41, 5.74) is 0. The Hall–Kier alpha value is 0.927. The van der Waals surface area contributed by atoms with Gasteiger partial charge >= 0.3 is 0 Å². The third kappa shape index (κ3) is 283. The Bertz CT molecular complexity index is 10.4. The average Bonchev–Trinajstić information content (AvgIpc) is 0. The summed E-state index contributed by atoms with van der Waals surface area (Å²) >= 11 is 0. The van der Waals surface area contributed by atoms with E-state index >= 15 is 0 Å². The molecule has 0 aromatic rings. The maximum absolute atomic E-state index is 0. The predicted molar refractivity (Wildman–Crippen MR) is 54.9 cm³/mol. The molecule has 0 aliphatic heterocycles. The summed E-state index contributed by atoms with van der Waals surface area (Å²) < 4.78 is 0. The minimum Gasteiger partial charge on any atom is -0.0776 e. The standard InChI is InChI=1S/5CH4.Ni.H4Si.H3Si/h5*1H4;;1H4;1H3. The van der Waals surface area contributed by atoms with Crippen LogP contribution in [0.2, 0.25) is 0 Å². The van der Waals surface area contributed by atoms with Gasteiger partial charge in [0.25, 0.3) is 0 Å². The van der Waals surface area contributed by atoms with Crippen molar-refractivity contribution in [2.45, 2.75) is 37.1 Å². The van der Waals surface area contributed by atoms with E-state index in [1.807, 2.05) is 0 Å². The van der Waals surface area contributed by atoms with Gasteiger partial charge in [0.15, 0.2) is 0 Å². The van der Waals surface area contributed by atoms with Gasteiger partial charge in [-0.25, -0.2) is 0 Å². The molecule has 0 unspecified atom stereocenters. The van der Waals surface area contributed by atoms with Gasteiger partial charge in [0.1, 0.15) is 0 Å². The Morgan fingerprint density at radius 1 is 0.500 bits per heavy atom. The molecule has 0 fully saturated rings. The topological polar surface area (TPSA) is 0 Å². The van der Waals surface area contributed by atoms with Crippen LogP contribution in [-0.2, 0) is 16.5 Å². The zero-order chi connectivity index (χ0) is 0. The fourth-order valence-electron chi connectivity index (χ4n) is 0. The molecule has 8 heavy (non-hydrogen) atoms. The summed E-state index contributed by atoms with van der Waals surface area (Å²) in [6.07, 6.45) is 0. The molecule has 0 aliphatic rings. The van der Waals surface area contributed by atoms with Crippen LogP contribution in [0.15, 0.2) is 0 Å². The Kier molecular flexibility index (Phi) is 36100. The summed E-state index contributed by atoms with van der Waals surface area (Å²) in [4.78, 5) is 0. The van der Waals surface area contributed by atoms with Crippen LogP contribution in [0.3, 0.4) is 0 Å². The van der Waals surface area contributed by atoms with E-state index in [1.54, 1.807) is 0 Å². The fraction of sp³-hybridized carbons (Fsp3) is 1.00. The van der Waals surface area contributed by atoms with E-state index < -0.39 is 0 Å². The van der Waals surface area contributed by atoms with Gasteiger partial charge in [-0.3, -0.25) is 0 Å². The first-order valence-corrected chi connectivity index (χ1v) is 0. The van der Waals surface area contributed by atoms with E-state index in [1.165, 1.54) is 0 Å². The molecular weight excluding hydrogens is 175 g/mol. The zero-order valence-corrected chi connectivity index (χ0v) is 4.30. The molecule has 0 aliphatic carbocycles. The molecule has 0 rings (SSSR count). The molecule has 1 radical (unpaired) electrons. The minimum atomic E-state index is 0. The van der Waals surface area contributed by atoms with Crippen molar-refractivity contribution >= 4 is 21.9 Å². The molecule has 0 atom stereocenters. The summed E-state index contributed by atoms with van der Waals surface area (Å²) in [7, 11) is 0. The Balaban J connectivity index is 0. The second kappa shape index (κ2) is 442. The molecule has 0 amide bonds.